The van der Waals surface area contributed by atoms with Gasteiger partial charge in [0, 0.05) is 10.6 Å². The molecule has 6 nitrogen and oxygen atoms in total. The smallest absolute Gasteiger partial charge is 0.171 e. The Balaban J connectivity index is 1.94. The lowest BCUT2D eigenvalue weighted by atomic mass is 10.0. The van der Waals surface area contributed by atoms with E-state index in [2.05, 4.69) is 25.9 Å². The van der Waals surface area contributed by atoms with Crippen LogP contribution in [0.2, 0.25) is 5.02 Å². The van der Waals surface area contributed by atoms with Crippen LogP contribution in [0.3, 0.4) is 0 Å². The molecule has 2 heterocycles. The highest BCUT2D eigenvalue weighted by Gasteiger charge is 2.26. The van der Waals surface area contributed by atoms with Crippen molar-refractivity contribution in [2.45, 2.75) is 13.0 Å². The van der Waals surface area contributed by atoms with Gasteiger partial charge < -0.3 is 5.43 Å². The van der Waals surface area contributed by atoms with E-state index in [0.717, 1.165) is 11.3 Å². The minimum absolute atomic E-state index is 0.0348. The quantitative estimate of drug-likeness (QED) is 0.883. The fraction of sp³-hybridized carbons (Fsp3) is 0.273. The van der Waals surface area contributed by atoms with Gasteiger partial charge in [0.05, 0.1) is 12.3 Å². The molecule has 3 rings (SSSR count). The van der Waals surface area contributed by atoms with E-state index in [1.165, 1.54) is 0 Å². The molecule has 1 aromatic heterocycles. The molecule has 1 N–H and O–H groups in total. The van der Waals surface area contributed by atoms with Crippen molar-refractivity contribution < 1.29 is 0 Å². The number of benzene rings is 1. The van der Waals surface area contributed by atoms with Gasteiger partial charge in [0.2, 0.25) is 0 Å². The first-order valence-electron chi connectivity index (χ1n) is 5.56. The van der Waals surface area contributed by atoms with Crippen molar-refractivity contribution >= 4 is 17.3 Å². The number of hydrogen-bond acceptors (Lipinski definition) is 5. The van der Waals surface area contributed by atoms with E-state index in [9.17, 15) is 0 Å². The number of nitrogens with zero attached hydrogens (tertiary/aromatic N) is 5. The second kappa shape index (κ2) is 4.38. The monoisotopic (exact) mass is 262 g/mol. The largest absolute Gasteiger partial charge is 0.307 e. The number of hydrazone groups is 1. The average Bonchev–Trinajstić information content (AvgIpc) is 2.98. The van der Waals surface area contributed by atoms with Crippen molar-refractivity contribution in [2.24, 2.45) is 5.10 Å². The van der Waals surface area contributed by atoms with Crippen molar-refractivity contribution in [3.05, 3.63) is 40.7 Å². The first kappa shape index (κ1) is 11.2. The van der Waals surface area contributed by atoms with E-state index in [0.29, 0.717) is 17.4 Å². The Bertz CT molecular complexity index is 588. The van der Waals surface area contributed by atoms with Crippen molar-refractivity contribution in [2.75, 3.05) is 6.54 Å². The van der Waals surface area contributed by atoms with E-state index in [1.807, 2.05) is 31.2 Å². The van der Waals surface area contributed by atoms with Crippen LogP contribution in [-0.4, -0.2) is 32.5 Å². The summed E-state index contributed by atoms with van der Waals surface area (Å²) in [6.45, 7) is 2.47. The molecule has 0 spiro atoms. The molecule has 0 amide bonds. The number of halogens is 1. The summed E-state index contributed by atoms with van der Waals surface area (Å²) in [6.07, 6.45) is 0. The molecule has 0 saturated carbocycles. The molecule has 1 atom stereocenters. The highest BCUT2D eigenvalue weighted by atomic mass is 35.5. The van der Waals surface area contributed by atoms with Gasteiger partial charge in [-0.3, -0.25) is 0 Å². The Labute approximate surface area is 109 Å². The lowest BCUT2D eigenvalue weighted by Gasteiger charge is -2.10. The SMILES string of the molecule is Cc1nnn(C2CNN=C2c2ccc(Cl)cc2)n1. The van der Waals surface area contributed by atoms with Crippen molar-refractivity contribution in [3.8, 4) is 0 Å². The van der Waals surface area contributed by atoms with Crippen molar-refractivity contribution in [1.82, 2.24) is 25.6 Å². The zero-order valence-corrected chi connectivity index (χ0v) is 10.5. The third kappa shape index (κ3) is 1.95. The van der Waals surface area contributed by atoms with Gasteiger partial charge in [-0.15, -0.1) is 10.2 Å². The van der Waals surface area contributed by atoms with Gasteiger partial charge in [0.1, 0.15) is 6.04 Å². The Morgan fingerprint density at radius 1 is 1.33 bits per heavy atom. The zero-order valence-electron chi connectivity index (χ0n) is 9.71. The molecule has 1 unspecified atom stereocenters. The number of nitrogens with one attached hydrogen (secondary N) is 1. The zero-order chi connectivity index (χ0) is 12.5. The molecule has 7 heteroatoms. The molecule has 92 valence electrons. The lowest BCUT2D eigenvalue weighted by molar-refractivity contribution is 0.485. The summed E-state index contributed by atoms with van der Waals surface area (Å²) in [5.41, 5.74) is 4.87. The van der Waals surface area contributed by atoms with Crippen LogP contribution in [0.15, 0.2) is 29.4 Å². The number of aryl methyl sites for hydroxylation is 1. The highest BCUT2D eigenvalue weighted by Crippen LogP contribution is 2.19. The van der Waals surface area contributed by atoms with E-state index in [4.69, 9.17) is 11.6 Å². The van der Waals surface area contributed by atoms with Crippen LogP contribution in [-0.2, 0) is 0 Å². The van der Waals surface area contributed by atoms with E-state index >= 15 is 0 Å². The number of tetrazole rings is 1. The van der Waals surface area contributed by atoms with Crippen molar-refractivity contribution in [1.29, 1.82) is 0 Å². The maximum Gasteiger partial charge on any atom is 0.171 e. The van der Waals surface area contributed by atoms with Crippen LogP contribution in [0.1, 0.15) is 17.4 Å². The predicted molar refractivity (Wildman–Crippen MR) is 67.6 cm³/mol. The third-order valence-electron chi connectivity index (χ3n) is 2.75. The Morgan fingerprint density at radius 3 is 2.78 bits per heavy atom. The fourth-order valence-electron chi connectivity index (χ4n) is 1.89. The summed E-state index contributed by atoms with van der Waals surface area (Å²) < 4.78 is 0. The minimum Gasteiger partial charge on any atom is -0.307 e. The summed E-state index contributed by atoms with van der Waals surface area (Å²) in [6, 6.07) is 7.52. The Kier molecular flexibility index (Phi) is 2.71. The van der Waals surface area contributed by atoms with Gasteiger partial charge in [-0.25, -0.2) is 0 Å². The van der Waals surface area contributed by atoms with Crippen LogP contribution in [0.25, 0.3) is 0 Å². The van der Waals surface area contributed by atoms with Crippen LogP contribution >= 0.6 is 11.6 Å². The molecule has 1 aliphatic rings. The van der Waals surface area contributed by atoms with E-state index in [1.54, 1.807) is 4.80 Å². The number of aromatic nitrogens is 4. The van der Waals surface area contributed by atoms with Gasteiger partial charge in [-0.05, 0) is 24.3 Å². The number of hydrogen-bond donors (Lipinski definition) is 1. The molecule has 2 aromatic rings. The minimum atomic E-state index is -0.0348. The van der Waals surface area contributed by atoms with Crippen LogP contribution in [0.4, 0.5) is 0 Å². The second-order valence-corrected chi connectivity index (χ2v) is 4.48. The summed E-state index contributed by atoms with van der Waals surface area (Å²) in [7, 11) is 0. The Morgan fingerprint density at radius 2 is 2.11 bits per heavy atom. The molecule has 0 radical (unpaired) electrons. The van der Waals surface area contributed by atoms with Crippen LogP contribution < -0.4 is 5.43 Å². The highest BCUT2D eigenvalue weighted by molar-refractivity contribution is 6.30. The van der Waals surface area contributed by atoms with E-state index < -0.39 is 0 Å². The van der Waals surface area contributed by atoms with Crippen LogP contribution in [0, 0.1) is 6.92 Å². The molecular weight excluding hydrogens is 252 g/mol. The van der Waals surface area contributed by atoms with E-state index in [-0.39, 0.29) is 6.04 Å². The first-order valence-corrected chi connectivity index (χ1v) is 5.94. The van der Waals surface area contributed by atoms with Gasteiger partial charge in [-0.1, -0.05) is 23.7 Å². The van der Waals surface area contributed by atoms with Gasteiger partial charge >= 0.3 is 0 Å². The maximum atomic E-state index is 5.88. The molecule has 18 heavy (non-hydrogen) atoms. The van der Waals surface area contributed by atoms with Gasteiger partial charge in [0.15, 0.2) is 5.82 Å². The van der Waals surface area contributed by atoms with Crippen LogP contribution in [0.5, 0.6) is 0 Å². The summed E-state index contributed by atoms with van der Waals surface area (Å²) >= 11 is 5.88. The standard InChI is InChI=1S/C11H11ClN6/c1-7-14-17-18(16-7)10-6-13-15-11(10)8-2-4-9(12)5-3-8/h2-5,10,13H,6H2,1H3. The predicted octanol–water partition coefficient (Wildman–Crippen LogP) is 1.18. The topological polar surface area (TPSA) is 68.0 Å². The molecular formula is C11H11ClN6. The molecule has 0 aliphatic carbocycles. The summed E-state index contributed by atoms with van der Waals surface area (Å²) in [4.78, 5) is 1.59. The average molecular weight is 263 g/mol. The molecule has 0 bridgehead atoms. The van der Waals surface area contributed by atoms with Gasteiger partial charge in [0.25, 0.3) is 0 Å². The third-order valence-corrected chi connectivity index (χ3v) is 3.00. The van der Waals surface area contributed by atoms with Crippen molar-refractivity contribution in [3.63, 3.8) is 0 Å². The Hall–Kier alpha value is -1.95. The molecule has 0 saturated heterocycles. The number of rotatable bonds is 2. The lowest BCUT2D eigenvalue weighted by Crippen LogP contribution is -2.23. The van der Waals surface area contributed by atoms with Gasteiger partial charge in [-0.2, -0.15) is 9.90 Å². The molecule has 1 aromatic carbocycles. The maximum absolute atomic E-state index is 5.88. The second-order valence-electron chi connectivity index (χ2n) is 4.04. The summed E-state index contributed by atoms with van der Waals surface area (Å²) in [5.74, 6) is 0.650. The molecule has 1 aliphatic heterocycles. The fourth-order valence-corrected chi connectivity index (χ4v) is 2.01. The molecule has 0 fully saturated rings. The summed E-state index contributed by atoms with van der Waals surface area (Å²) in [5, 5.41) is 17.1. The normalized spacial score (nSPS) is 18.6. The first-order chi connectivity index (χ1) is 8.74.